The second kappa shape index (κ2) is 6.93. The third-order valence-electron chi connectivity index (χ3n) is 3.21. The smallest absolute Gasteiger partial charge is 0.253 e. The minimum absolute atomic E-state index is 0.111. The fraction of sp³-hybridized carbons (Fsp3) is 0.533. The van der Waals surface area contributed by atoms with Crippen molar-refractivity contribution in [2.24, 2.45) is 5.92 Å². The molecule has 0 aliphatic rings. The second-order valence-electron chi connectivity index (χ2n) is 5.85. The molecule has 118 valence electrons. The molecule has 0 aromatic heterocycles. The molecule has 0 unspecified atom stereocenters. The molecule has 1 atom stereocenters. The molecule has 0 bridgehead atoms. The minimum Gasteiger partial charge on any atom is -0.339 e. The summed E-state index contributed by atoms with van der Waals surface area (Å²) in [5, 5.41) is 0. The predicted octanol–water partition coefficient (Wildman–Crippen LogP) is 2.56. The van der Waals surface area contributed by atoms with Gasteiger partial charge >= 0.3 is 0 Å². The summed E-state index contributed by atoms with van der Waals surface area (Å²) in [6.07, 6.45) is 2.00. The van der Waals surface area contributed by atoms with Crippen molar-refractivity contribution >= 4 is 21.6 Å². The molecular formula is C15H24N2O3S. The summed E-state index contributed by atoms with van der Waals surface area (Å²) in [5.41, 5.74) is 0.870. The lowest BCUT2D eigenvalue weighted by atomic mass is 10.0. The fourth-order valence-corrected chi connectivity index (χ4v) is 2.73. The summed E-state index contributed by atoms with van der Waals surface area (Å²) in [6.45, 7) is 6.24. The Morgan fingerprint density at radius 1 is 1.29 bits per heavy atom. The molecule has 21 heavy (non-hydrogen) atoms. The lowest BCUT2D eigenvalue weighted by Gasteiger charge is -2.26. The highest BCUT2D eigenvalue weighted by Gasteiger charge is 2.18. The van der Waals surface area contributed by atoms with Crippen LogP contribution in [-0.2, 0) is 10.0 Å². The van der Waals surface area contributed by atoms with E-state index in [2.05, 4.69) is 18.6 Å². The number of carbonyl (C=O) groups excluding carboxylic acids is 1. The van der Waals surface area contributed by atoms with Crippen LogP contribution in [0.4, 0.5) is 5.69 Å². The first-order valence-electron chi connectivity index (χ1n) is 6.95. The van der Waals surface area contributed by atoms with E-state index < -0.39 is 10.0 Å². The molecule has 0 saturated carbocycles. The van der Waals surface area contributed by atoms with E-state index >= 15 is 0 Å². The number of hydrogen-bond donors (Lipinski definition) is 1. The maximum Gasteiger partial charge on any atom is 0.253 e. The van der Waals surface area contributed by atoms with E-state index in [9.17, 15) is 13.2 Å². The number of nitrogens with zero attached hydrogens (tertiary/aromatic N) is 1. The van der Waals surface area contributed by atoms with Crippen LogP contribution in [-0.4, -0.2) is 38.6 Å². The molecule has 0 radical (unpaired) electrons. The topological polar surface area (TPSA) is 66.5 Å². The Labute approximate surface area is 127 Å². The van der Waals surface area contributed by atoms with Gasteiger partial charge in [0.15, 0.2) is 0 Å². The molecule has 1 aromatic rings. The van der Waals surface area contributed by atoms with Crippen LogP contribution in [0.15, 0.2) is 24.3 Å². The largest absolute Gasteiger partial charge is 0.339 e. The predicted molar refractivity (Wildman–Crippen MR) is 85.9 cm³/mol. The Morgan fingerprint density at radius 3 is 2.43 bits per heavy atom. The first-order valence-corrected chi connectivity index (χ1v) is 8.84. The van der Waals surface area contributed by atoms with Gasteiger partial charge in [0, 0.05) is 24.3 Å². The van der Waals surface area contributed by atoms with Gasteiger partial charge in [0.25, 0.3) is 5.91 Å². The zero-order chi connectivity index (χ0) is 16.2. The van der Waals surface area contributed by atoms with Crippen LogP contribution >= 0.6 is 0 Å². The summed E-state index contributed by atoms with van der Waals surface area (Å²) in [7, 11) is -1.58. The van der Waals surface area contributed by atoms with Crippen molar-refractivity contribution in [3.8, 4) is 0 Å². The molecule has 0 saturated heterocycles. The normalized spacial score (nSPS) is 13.0. The van der Waals surface area contributed by atoms with Crippen LogP contribution in [0, 0.1) is 5.92 Å². The lowest BCUT2D eigenvalue weighted by Crippen LogP contribution is -2.35. The summed E-state index contributed by atoms with van der Waals surface area (Å²) in [6, 6.07) is 6.66. The van der Waals surface area contributed by atoms with Crippen molar-refractivity contribution in [2.75, 3.05) is 18.0 Å². The maximum absolute atomic E-state index is 12.4. The van der Waals surface area contributed by atoms with Gasteiger partial charge in [-0.2, -0.15) is 0 Å². The Hall–Kier alpha value is -1.56. The van der Waals surface area contributed by atoms with Crippen LogP contribution in [0.1, 0.15) is 37.6 Å². The number of sulfonamides is 1. The third-order valence-corrected chi connectivity index (χ3v) is 3.81. The van der Waals surface area contributed by atoms with Crippen molar-refractivity contribution in [3.63, 3.8) is 0 Å². The van der Waals surface area contributed by atoms with Gasteiger partial charge in [-0.05, 0) is 37.5 Å². The number of carbonyl (C=O) groups is 1. The molecule has 0 aliphatic heterocycles. The van der Waals surface area contributed by atoms with Crippen molar-refractivity contribution in [1.29, 1.82) is 0 Å². The van der Waals surface area contributed by atoms with E-state index in [-0.39, 0.29) is 11.9 Å². The summed E-state index contributed by atoms with van der Waals surface area (Å²) < 4.78 is 24.9. The summed E-state index contributed by atoms with van der Waals surface area (Å²) in [5.74, 6) is 0.397. The van der Waals surface area contributed by atoms with Gasteiger partial charge in [-0.3, -0.25) is 9.52 Å². The van der Waals surface area contributed by atoms with Crippen LogP contribution in [0.25, 0.3) is 0 Å². The SMILES string of the molecule is CC(C)C[C@H](C)N(C)C(=O)c1cccc(NS(C)(=O)=O)c1. The minimum atomic E-state index is -3.35. The van der Waals surface area contributed by atoms with Gasteiger partial charge in [-0.25, -0.2) is 8.42 Å². The highest BCUT2D eigenvalue weighted by molar-refractivity contribution is 7.92. The standard InChI is InChI=1S/C15H24N2O3S/c1-11(2)9-12(3)17(4)15(18)13-7-6-8-14(10-13)16-21(5,19)20/h6-8,10-12,16H,9H2,1-5H3/t12-/m0/s1. The molecule has 1 N–H and O–H groups in total. The Bertz CT molecular complexity index is 597. The van der Waals surface area contributed by atoms with Gasteiger partial charge in [0.05, 0.1) is 6.26 Å². The highest BCUT2D eigenvalue weighted by atomic mass is 32.2. The number of anilines is 1. The monoisotopic (exact) mass is 312 g/mol. The number of nitrogens with one attached hydrogen (secondary N) is 1. The molecule has 0 aliphatic carbocycles. The average Bonchev–Trinajstić information content (AvgIpc) is 2.34. The number of rotatable bonds is 6. The molecule has 1 rings (SSSR count). The van der Waals surface area contributed by atoms with Gasteiger partial charge in [0.1, 0.15) is 0 Å². The van der Waals surface area contributed by atoms with E-state index in [0.29, 0.717) is 17.2 Å². The number of amides is 1. The fourth-order valence-electron chi connectivity index (χ4n) is 2.17. The zero-order valence-electron chi connectivity index (χ0n) is 13.3. The summed E-state index contributed by atoms with van der Waals surface area (Å²) >= 11 is 0. The van der Waals surface area contributed by atoms with Crippen molar-refractivity contribution in [3.05, 3.63) is 29.8 Å². The quantitative estimate of drug-likeness (QED) is 0.878. The Morgan fingerprint density at radius 2 is 1.90 bits per heavy atom. The van der Waals surface area contributed by atoms with Gasteiger partial charge in [0.2, 0.25) is 10.0 Å². The average molecular weight is 312 g/mol. The zero-order valence-corrected chi connectivity index (χ0v) is 14.1. The second-order valence-corrected chi connectivity index (χ2v) is 7.60. The molecule has 6 heteroatoms. The molecule has 1 amide bonds. The van der Waals surface area contributed by atoms with Crippen molar-refractivity contribution in [1.82, 2.24) is 4.90 Å². The lowest BCUT2D eigenvalue weighted by molar-refractivity contribution is 0.0728. The molecule has 0 heterocycles. The number of hydrogen-bond acceptors (Lipinski definition) is 3. The van der Waals surface area contributed by atoms with Crippen LogP contribution in [0.2, 0.25) is 0 Å². The molecule has 1 aromatic carbocycles. The maximum atomic E-state index is 12.4. The molecule has 0 spiro atoms. The molecule has 5 nitrogen and oxygen atoms in total. The summed E-state index contributed by atoms with van der Waals surface area (Å²) in [4.78, 5) is 14.1. The van der Waals surface area contributed by atoms with Gasteiger partial charge in [-0.1, -0.05) is 19.9 Å². The Balaban J connectivity index is 2.90. The Kier molecular flexibility index (Phi) is 5.78. The number of benzene rings is 1. The molecular weight excluding hydrogens is 288 g/mol. The first kappa shape index (κ1) is 17.5. The van der Waals surface area contributed by atoms with Gasteiger partial charge < -0.3 is 4.90 Å². The van der Waals surface area contributed by atoms with Crippen LogP contribution < -0.4 is 4.72 Å². The highest BCUT2D eigenvalue weighted by Crippen LogP contribution is 2.16. The van der Waals surface area contributed by atoms with E-state index in [4.69, 9.17) is 0 Å². The van der Waals surface area contributed by atoms with E-state index in [1.807, 2.05) is 6.92 Å². The molecule has 0 fully saturated rings. The van der Waals surface area contributed by atoms with Crippen LogP contribution in [0.5, 0.6) is 0 Å². The van der Waals surface area contributed by atoms with E-state index in [1.54, 1.807) is 36.2 Å². The van der Waals surface area contributed by atoms with Gasteiger partial charge in [-0.15, -0.1) is 0 Å². The first-order chi connectivity index (χ1) is 9.60. The van der Waals surface area contributed by atoms with Crippen molar-refractivity contribution in [2.45, 2.75) is 33.2 Å². The van der Waals surface area contributed by atoms with E-state index in [1.165, 1.54) is 0 Å². The third kappa shape index (κ3) is 5.75. The van der Waals surface area contributed by atoms with Crippen molar-refractivity contribution < 1.29 is 13.2 Å². The van der Waals surface area contributed by atoms with Crippen LogP contribution in [0.3, 0.4) is 0 Å². The van der Waals surface area contributed by atoms with E-state index in [0.717, 1.165) is 12.7 Å².